The van der Waals surface area contributed by atoms with Crippen molar-refractivity contribution in [2.24, 2.45) is 10.7 Å². The largest absolute Gasteiger partial charge is 0.493 e. The van der Waals surface area contributed by atoms with Crippen LogP contribution in [0.1, 0.15) is 22.8 Å². The average Bonchev–Trinajstić information content (AvgIpc) is 2.47. The molecule has 0 heterocycles. The van der Waals surface area contributed by atoms with Gasteiger partial charge in [0.1, 0.15) is 5.75 Å². The molecule has 4 heteroatoms. The highest BCUT2D eigenvalue weighted by atomic mass is 16.5. The molecule has 2 aromatic rings. The number of amides is 1. The first kappa shape index (κ1) is 13.8. The summed E-state index contributed by atoms with van der Waals surface area (Å²) >= 11 is 0. The van der Waals surface area contributed by atoms with E-state index in [9.17, 15) is 4.79 Å². The SMILES string of the molecule is CCOc1ccccc1C=Nc1ccccc1C(N)=O. The molecule has 0 spiro atoms. The van der Waals surface area contributed by atoms with Gasteiger partial charge >= 0.3 is 0 Å². The lowest BCUT2D eigenvalue weighted by Crippen LogP contribution is -2.10. The second-order valence-electron chi connectivity index (χ2n) is 4.11. The van der Waals surface area contributed by atoms with E-state index in [2.05, 4.69) is 4.99 Å². The van der Waals surface area contributed by atoms with Crippen molar-refractivity contribution in [3.8, 4) is 5.75 Å². The van der Waals surface area contributed by atoms with E-state index in [1.807, 2.05) is 37.3 Å². The van der Waals surface area contributed by atoms with Gasteiger partial charge in [0.2, 0.25) is 0 Å². The van der Waals surface area contributed by atoms with Crippen LogP contribution in [0.5, 0.6) is 5.75 Å². The van der Waals surface area contributed by atoms with Crippen molar-refractivity contribution in [2.45, 2.75) is 6.92 Å². The van der Waals surface area contributed by atoms with Gasteiger partial charge in [-0.15, -0.1) is 0 Å². The highest BCUT2D eigenvalue weighted by molar-refractivity contribution is 5.99. The minimum atomic E-state index is -0.490. The third-order valence-electron chi connectivity index (χ3n) is 2.73. The molecule has 0 aliphatic carbocycles. The molecule has 20 heavy (non-hydrogen) atoms. The summed E-state index contributed by atoms with van der Waals surface area (Å²) in [5.41, 5.74) is 7.13. The van der Waals surface area contributed by atoms with Gasteiger partial charge in [-0.3, -0.25) is 9.79 Å². The molecular weight excluding hydrogens is 252 g/mol. The van der Waals surface area contributed by atoms with Crippen molar-refractivity contribution in [3.05, 3.63) is 59.7 Å². The highest BCUT2D eigenvalue weighted by Gasteiger charge is 2.05. The van der Waals surface area contributed by atoms with Crippen LogP contribution in [0.15, 0.2) is 53.5 Å². The molecule has 0 aliphatic heterocycles. The molecule has 0 aliphatic rings. The van der Waals surface area contributed by atoms with Gasteiger partial charge in [-0.2, -0.15) is 0 Å². The molecule has 0 bridgehead atoms. The monoisotopic (exact) mass is 268 g/mol. The maximum absolute atomic E-state index is 11.3. The van der Waals surface area contributed by atoms with Crippen LogP contribution in [0.2, 0.25) is 0 Å². The molecule has 0 atom stereocenters. The minimum Gasteiger partial charge on any atom is -0.493 e. The quantitative estimate of drug-likeness (QED) is 0.847. The van der Waals surface area contributed by atoms with Crippen molar-refractivity contribution < 1.29 is 9.53 Å². The summed E-state index contributed by atoms with van der Waals surface area (Å²) in [7, 11) is 0. The molecular formula is C16H16N2O2. The van der Waals surface area contributed by atoms with Gasteiger partial charge in [0.15, 0.2) is 0 Å². The maximum atomic E-state index is 11.3. The zero-order chi connectivity index (χ0) is 14.4. The van der Waals surface area contributed by atoms with Crippen LogP contribution in [-0.2, 0) is 0 Å². The molecule has 0 unspecified atom stereocenters. The van der Waals surface area contributed by atoms with E-state index < -0.39 is 5.91 Å². The summed E-state index contributed by atoms with van der Waals surface area (Å²) < 4.78 is 5.52. The molecule has 0 fully saturated rings. The fourth-order valence-corrected chi connectivity index (χ4v) is 1.81. The third kappa shape index (κ3) is 3.23. The Hall–Kier alpha value is -2.62. The minimum absolute atomic E-state index is 0.401. The van der Waals surface area contributed by atoms with Crippen LogP contribution >= 0.6 is 0 Å². The lowest BCUT2D eigenvalue weighted by molar-refractivity contribution is 0.100. The maximum Gasteiger partial charge on any atom is 0.250 e. The summed E-state index contributed by atoms with van der Waals surface area (Å²) in [5.74, 6) is 0.270. The smallest absolute Gasteiger partial charge is 0.250 e. The van der Waals surface area contributed by atoms with E-state index in [4.69, 9.17) is 10.5 Å². The van der Waals surface area contributed by atoms with Gasteiger partial charge in [0, 0.05) is 11.8 Å². The predicted molar refractivity (Wildman–Crippen MR) is 79.8 cm³/mol. The fourth-order valence-electron chi connectivity index (χ4n) is 1.81. The molecule has 2 aromatic carbocycles. The number of hydrogen-bond donors (Lipinski definition) is 1. The molecule has 4 nitrogen and oxygen atoms in total. The first-order valence-electron chi connectivity index (χ1n) is 6.37. The van der Waals surface area contributed by atoms with Crippen LogP contribution in [0.4, 0.5) is 5.69 Å². The van der Waals surface area contributed by atoms with E-state index in [-0.39, 0.29) is 0 Å². The Bertz CT molecular complexity index is 636. The van der Waals surface area contributed by atoms with E-state index in [0.29, 0.717) is 17.9 Å². The fraction of sp³-hybridized carbons (Fsp3) is 0.125. The second-order valence-corrected chi connectivity index (χ2v) is 4.11. The lowest BCUT2D eigenvalue weighted by Gasteiger charge is -2.06. The molecule has 0 aromatic heterocycles. The van der Waals surface area contributed by atoms with Gasteiger partial charge < -0.3 is 10.5 Å². The van der Waals surface area contributed by atoms with Crippen molar-refractivity contribution in [1.82, 2.24) is 0 Å². The normalized spacial score (nSPS) is 10.7. The number of rotatable bonds is 5. The van der Waals surface area contributed by atoms with Crippen molar-refractivity contribution in [3.63, 3.8) is 0 Å². The Morgan fingerprint density at radius 1 is 1.20 bits per heavy atom. The molecule has 1 amide bonds. The van der Waals surface area contributed by atoms with E-state index in [1.54, 1.807) is 24.4 Å². The molecule has 0 saturated carbocycles. The number of primary amides is 1. The van der Waals surface area contributed by atoms with Crippen LogP contribution < -0.4 is 10.5 Å². The zero-order valence-corrected chi connectivity index (χ0v) is 11.2. The standard InChI is InChI=1S/C16H16N2O2/c1-2-20-15-10-6-3-7-12(15)11-18-14-9-5-4-8-13(14)16(17)19/h3-11H,2H2,1H3,(H2,17,19). The van der Waals surface area contributed by atoms with Gasteiger partial charge in [-0.05, 0) is 31.2 Å². The average molecular weight is 268 g/mol. The number of carbonyl (C=O) groups is 1. The lowest BCUT2D eigenvalue weighted by atomic mass is 10.1. The third-order valence-corrected chi connectivity index (χ3v) is 2.73. The van der Waals surface area contributed by atoms with Crippen molar-refractivity contribution in [2.75, 3.05) is 6.61 Å². The predicted octanol–water partition coefficient (Wildman–Crippen LogP) is 2.93. The zero-order valence-electron chi connectivity index (χ0n) is 11.2. The van der Waals surface area contributed by atoms with E-state index in [1.165, 1.54) is 0 Å². The van der Waals surface area contributed by atoms with Crippen LogP contribution in [0, 0.1) is 0 Å². The van der Waals surface area contributed by atoms with Gasteiger partial charge in [0.05, 0.1) is 17.9 Å². The van der Waals surface area contributed by atoms with Crippen molar-refractivity contribution >= 4 is 17.8 Å². The number of benzene rings is 2. The molecule has 0 radical (unpaired) electrons. The molecule has 0 saturated heterocycles. The Morgan fingerprint density at radius 2 is 1.90 bits per heavy atom. The number of carbonyl (C=O) groups excluding carboxylic acids is 1. The Morgan fingerprint density at radius 3 is 2.65 bits per heavy atom. The number of aliphatic imine (C=N–C) groups is 1. The first-order valence-corrected chi connectivity index (χ1v) is 6.37. The number of para-hydroxylation sites is 2. The number of nitrogens with two attached hydrogens (primary N) is 1. The van der Waals surface area contributed by atoms with Gasteiger partial charge in [-0.1, -0.05) is 24.3 Å². The summed E-state index contributed by atoms with van der Waals surface area (Å²) in [5, 5.41) is 0. The molecule has 102 valence electrons. The summed E-state index contributed by atoms with van der Waals surface area (Å²) in [6, 6.07) is 14.6. The van der Waals surface area contributed by atoms with Crippen LogP contribution in [-0.4, -0.2) is 18.7 Å². The first-order chi connectivity index (χ1) is 9.72. The number of ether oxygens (including phenoxy) is 1. The number of hydrogen-bond acceptors (Lipinski definition) is 3. The van der Waals surface area contributed by atoms with Gasteiger partial charge in [-0.25, -0.2) is 0 Å². The second kappa shape index (κ2) is 6.52. The van der Waals surface area contributed by atoms with Crippen LogP contribution in [0.25, 0.3) is 0 Å². The summed E-state index contributed by atoms with van der Waals surface area (Å²) in [6.45, 7) is 2.51. The Kier molecular flexibility index (Phi) is 4.50. The number of nitrogens with zero attached hydrogens (tertiary/aromatic N) is 1. The molecule has 2 N–H and O–H groups in total. The van der Waals surface area contributed by atoms with Gasteiger partial charge in [0.25, 0.3) is 5.91 Å². The Labute approximate surface area is 117 Å². The van der Waals surface area contributed by atoms with E-state index in [0.717, 1.165) is 11.3 Å². The summed E-state index contributed by atoms with van der Waals surface area (Å²) in [4.78, 5) is 15.7. The summed E-state index contributed by atoms with van der Waals surface area (Å²) in [6.07, 6.45) is 1.67. The Balaban J connectivity index is 2.33. The van der Waals surface area contributed by atoms with Crippen LogP contribution in [0.3, 0.4) is 0 Å². The van der Waals surface area contributed by atoms with E-state index >= 15 is 0 Å². The topological polar surface area (TPSA) is 64.7 Å². The molecule has 2 rings (SSSR count). The highest BCUT2D eigenvalue weighted by Crippen LogP contribution is 2.20. The van der Waals surface area contributed by atoms with Crippen molar-refractivity contribution in [1.29, 1.82) is 0 Å².